The molecule has 0 aliphatic rings. The highest BCUT2D eigenvalue weighted by Gasteiger charge is 1.98. The Morgan fingerprint density at radius 2 is 1.71 bits per heavy atom. The van der Waals surface area contributed by atoms with Gasteiger partial charge in [-0.1, -0.05) is 17.7 Å². The van der Waals surface area contributed by atoms with Crippen LogP contribution < -0.4 is 16.0 Å². The van der Waals surface area contributed by atoms with Gasteiger partial charge in [0.1, 0.15) is 11.5 Å². The lowest BCUT2D eigenvalue weighted by molar-refractivity contribution is 0.483. The Morgan fingerprint density at radius 1 is 1.00 bits per heavy atom. The molecule has 0 heterocycles. The second kappa shape index (κ2) is 6.35. The van der Waals surface area contributed by atoms with Crippen LogP contribution in [0.2, 0.25) is 5.02 Å². The number of rotatable bonds is 3. The molecular weight excluding hydrogens is 259 g/mol. The van der Waals surface area contributed by atoms with Crippen LogP contribution in [-0.4, -0.2) is 0 Å². The van der Waals surface area contributed by atoms with E-state index in [0.29, 0.717) is 10.8 Å². The zero-order chi connectivity index (χ0) is 11.4. The van der Waals surface area contributed by atoms with E-state index in [1.807, 2.05) is 36.4 Å². The standard InChI is InChI=1S/C12H11ClN2O.ClH/c13-9-2-1-3-12(8-9)16-11-6-4-10(15-14)5-7-11;/h1-8,15H,14H2;1H. The molecule has 0 aliphatic heterocycles. The van der Waals surface area contributed by atoms with E-state index < -0.39 is 0 Å². The normalized spacial score (nSPS) is 9.29. The van der Waals surface area contributed by atoms with E-state index in [1.165, 1.54) is 0 Å². The molecule has 3 nitrogen and oxygen atoms in total. The van der Waals surface area contributed by atoms with Gasteiger partial charge in [0.2, 0.25) is 0 Å². The Hall–Kier alpha value is -1.42. The van der Waals surface area contributed by atoms with Gasteiger partial charge in [0.15, 0.2) is 0 Å². The Bertz CT molecular complexity index is 474. The number of hydrogen-bond acceptors (Lipinski definition) is 3. The summed E-state index contributed by atoms with van der Waals surface area (Å²) in [5.41, 5.74) is 3.38. The number of nitrogens with two attached hydrogens (primary N) is 1. The van der Waals surface area contributed by atoms with Crippen molar-refractivity contribution in [2.75, 3.05) is 5.43 Å². The maximum absolute atomic E-state index is 5.85. The minimum Gasteiger partial charge on any atom is -0.457 e. The Kier molecular flexibility index (Phi) is 5.10. The molecule has 0 aromatic heterocycles. The van der Waals surface area contributed by atoms with E-state index in [4.69, 9.17) is 22.2 Å². The molecular formula is C12H12Cl2N2O. The summed E-state index contributed by atoms with van der Waals surface area (Å²) in [4.78, 5) is 0. The van der Waals surface area contributed by atoms with Gasteiger partial charge in [-0.3, -0.25) is 5.84 Å². The van der Waals surface area contributed by atoms with Gasteiger partial charge in [0.25, 0.3) is 0 Å². The van der Waals surface area contributed by atoms with E-state index in [0.717, 1.165) is 11.4 Å². The average molecular weight is 271 g/mol. The molecule has 0 atom stereocenters. The zero-order valence-electron chi connectivity index (χ0n) is 8.89. The quantitative estimate of drug-likeness (QED) is 0.658. The molecule has 2 rings (SSSR count). The second-order valence-corrected chi connectivity index (χ2v) is 3.66. The molecule has 5 heteroatoms. The van der Waals surface area contributed by atoms with Gasteiger partial charge < -0.3 is 10.2 Å². The van der Waals surface area contributed by atoms with Gasteiger partial charge in [0.05, 0.1) is 0 Å². The zero-order valence-corrected chi connectivity index (χ0v) is 10.5. The van der Waals surface area contributed by atoms with Crippen molar-refractivity contribution in [2.45, 2.75) is 0 Å². The van der Waals surface area contributed by atoms with Crippen LogP contribution in [0, 0.1) is 0 Å². The van der Waals surface area contributed by atoms with Gasteiger partial charge in [-0.05, 0) is 42.5 Å². The lowest BCUT2D eigenvalue weighted by Gasteiger charge is -2.06. The van der Waals surface area contributed by atoms with Gasteiger partial charge >= 0.3 is 0 Å². The fraction of sp³-hybridized carbons (Fsp3) is 0. The van der Waals surface area contributed by atoms with E-state index in [-0.39, 0.29) is 12.4 Å². The number of ether oxygens (including phenoxy) is 1. The van der Waals surface area contributed by atoms with Crippen molar-refractivity contribution < 1.29 is 4.74 Å². The summed E-state index contributed by atoms with van der Waals surface area (Å²) in [6.07, 6.45) is 0. The smallest absolute Gasteiger partial charge is 0.128 e. The van der Waals surface area contributed by atoms with Crippen molar-refractivity contribution in [3.05, 3.63) is 53.6 Å². The topological polar surface area (TPSA) is 47.3 Å². The minimum atomic E-state index is 0. The Balaban J connectivity index is 0.00000144. The molecule has 0 saturated heterocycles. The van der Waals surface area contributed by atoms with Crippen molar-refractivity contribution in [3.63, 3.8) is 0 Å². The summed E-state index contributed by atoms with van der Waals surface area (Å²) in [6, 6.07) is 14.6. The molecule has 2 aromatic rings. The summed E-state index contributed by atoms with van der Waals surface area (Å²) in [6.45, 7) is 0. The number of halogens is 2. The van der Waals surface area contributed by atoms with Crippen molar-refractivity contribution in [3.8, 4) is 11.5 Å². The van der Waals surface area contributed by atoms with Crippen LogP contribution in [0.25, 0.3) is 0 Å². The van der Waals surface area contributed by atoms with Crippen LogP contribution in [0.4, 0.5) is 5.69 Å². The van der Waals surface area contributed by atoms with Crippen molar-refractivity contribution >= 4 is 29.7 Å². The first-order chi connectivity index (χ1) is 7.78. The average Bonchev–Trinajstić information content (AvgIpc) is 2.30. The van der Waals surface area contributed by atoms with Crippen molar-refractivity contribution in [1.82, 2.24) is 0 Å². The number of anilines is 1. The molecule has 0 radical (unpaired) electrons. The van der Waals surface area contributed by atoms with E-state index in [1.54, 1.807) is 12.1 Å². The Labute approximate surface area is 111 Å². The maximum atomic E-state index is 5.85. The lowest BCUT2D eigenvalue weighted by Crippen LogP contribution is -2.05. The SMILES string of the molecule is Cl.NNc1ccc(Oc2cccc(Cl)c2)cc1. The van der Waals surface area contributed by atoms with E-state index >= 15 is 0 Å². The third kappa shape index (κ3) is 3.82. The van der Waals surface area contributed by atoms with Crippen LogP contribution in [-0.2, 0) is 0 Å². The van der Waals surface area contributed by atoms with Crippen molar-refractivity contribution in [1.29, 1.82) is 0 Å². The lowest BCUT2D eigenvalue weighted by atomic mass is 10.3. The van der Waals surface area contributed by atoms with Crippen LogP contribution in [0.15, 0.2) is 48.5 Å². The molecule has 0 unspecified atom stereocenters. The summed E-state index contributed by atoms with van der Waals surface area (Å²) < 4.78 is 5.61. The first kappa shape index (κ1) is 13.6. The first-order valence-corrected chi connectivity index (χ1v) is 5.16. The number of benzene rings is 2. The summed E-state index contributed by atoms with van der Waals surface area (Å²) >= 11 is 5.85. The van der Waals surface area contributed by atoms with Crippen LogP contribution >= 0.6 is 24.0 Å². The predicted octanol–water partition coefficient (Wildman–Crippen LogP) is 3.84. The van der Waals surface area contributed by atoms with E-state index in [9.17, 15) is 0 Å². The van der Waals surface area contributed by atoms with E-state index in [2.05, 4.69) is 5.43 Å². The molecule has 0 bridgehead atoms. The van der Waals surface area contributed by atoms with Crippen LogP contribution in [0.5, 0.6) is 11.5 Å². The maximum Gasteiger partial charge on any atom is 0.128 e. The minimum absolute atomic E-state index is 0. The fourth-order valence-electron chi connectivity index (χ4n) is 1.29. The molecule has 2 aromatic carbocycles. The Morgan fingerprint density at radius 3 is 2.29 bits per heavy atom. The third-order valence-electron chi connectivity index (χ3n) is 2.05. The van der Waals surface area contributed by atoms with Crippen molar-refractivity contribution in [2.24, 2.45) is 5.84 Å². The van der Waals surface area contributed by atoms with Crippen LogP contribution in [0.1, 0.15) is 0 Å². The van der Waals surface area contributed by atoms with Gasteiger partial charge in [-0.2, -0.15) is 0 Å². The molecule has 0 aliphatic carbocycles. The molecule has 0 fully saturated rings. The predicted molar refractivity (Wildman–Crippen MR) is 73.0 cm³/mol. The molecule has 0 spiro atoms. The highest BCUT2D eigenvalue weighted by atomic mass is 35.5. The summed E-state index contributed by atoms with van der Waals surface area (Å²) in [5.74, 6) is 6.71. The first-order valence-electron chi connectivity index (χ1n) is 4.78. The van der Waals surface area contributed by atoms with Crippen LogP contribution in [0.3, 0.4) is 0 Å². The molecule has 3 N–H and O–H groups in total. The highest BCUT2D eigenvalue weighted by Crippen LogP contribution is 2.24. The number of hydrazine groups is 1. The molecule has 90 valence electrons. The second-order valence-electron chi connectivity index (χ2n) is 3.23. The number of nitrogen functional groups attached to an aromatic ring is 1. The third-order valence-corrected chi connectivity index (χ3v) is 2.29. The molecule has 0 amide bonds. The monoisotopic (exact) mass is 270 g/mol. The highest BCUT2D eigenvalue weighted by molar-refractivity contribution is 6.30. The van der Waals surface area contributed by atoms with Gasteiger partial charge in [-0.25, -0.2) is 0 Å². The summed E-state index contributed by atoms with van der Waals surface area (Å²) in [5, 5.41) is 0.651. The largest absolute Gasteiger partial charge is 0.457 e. The molecule has 0 saturated carbocycles. The number of nitrogens with one attached hydrogen (secondary N) is 1. The number of hydrogen-bond donors (Lipinski definition) is 2. The summed E-state index contributed by atoms with van der Waals surface area (Å²) in [7, 11) is 0. The fourth-order valence-corrected chi connectivity index (χ4v) is 1.47. The molecule has 17 heavy (non-hydrogen) atoms. The van der Waals surface area contributed by atoms with Gasteiger partial charge in [-0.15, -0.1) is 12.4 Å². The van der Waals surface area contributed by atoms with Gasteiger partial charge in [0, 0.05) is 10.7 Å².